The average Bonchev–Trinajstić information content (AvgIpc) is 2.98. The summed E-state index contributed by atoms with van der Waals surface area (Å²) in [4.78, 5) is 25.8. The van der Waals surface area contributed by atoms with Gasteiger partial charge < -0.3 is 15.0 Å². The van der Waals surface area contributed by atoms with E-state index in [1.54, 1.807) is 4.90 Å². The largest absolute Gasteiger partial charge is 0.377 e. The highest BCUT2D eigenvalue weighted by Gasteiger charge is 2.28. The fourth-order valence-corrected chi connectivity index (χ4v) is 2.69. The minimum absolute atomic E-state index is 0.154. The second kappa shape index (κ2) is 6.62. The summed E-state index contributed by atoms with van der Waals surface area (Å²) < 4.78 is 5.38. The van der Waals surface area contributed by atoms with Crippen LogP contribution in [0.2, 0.25) is 0 Å². The molecule has 1 aromatic heterocycles. The Labute approximate surface area is 133 Å². The summed E-state index contributed by atoms with van der Waals surface area (Å²) in [6.07, 6.45) is 1.41. The van der Waals surface area contributed by atoms with E-state index in [-0.39, 0.29) is 24.3 Å². The van der Waals surface area contributed by atoms with E-state index in [2.05, 4.69) is 22.1 Å². The van der Waals surface area contributed by atoms with E-state index >= 15 is 0 Å². The molecule has 7 heteroatoms. The number of carbonyl (C=O) groups is 2. The lowest BCUT2D eigenvalue weighted by Crippen LogP contribution is -2.49. The number of amides is 2. The molecule has 1 aliphatic rings. The van der Waals surface area contributed by atoms with Crippen molar-refractivity contribution < 1.29 is 14.3 Å². The number of carbonyl (C=O) groups excluding carboxylic acids is 2. The number of ether oxygens (including phenoxy) is 1. The van der Waals surface area contributed by atoms with E-state index in [1.165, 1.54) is 6.08 Å². The summed E-state index contributed by atoms with van der Waals surface area (Å²) in [5.74, 6) is 0.0971. The molecule has 2 N–H and O–H groups in total. The molecular formula is C16H18N4O3. The topological polar surface area (TPSA) is 87.3 Å². The number of nitrogens with one attached hydrogen (secondary N) is 2. The Morgan fingerprint density at radius 2 is 2.30 bits per heavy atom. The van der Waals surface area contributed by atoms with Gasteiger partial charge in [0.05, 0.1) is 24.8 Å². The fourth-order valence-electron chi connectivity index (χ4n) is 2.69. The summed E-state index contributed by atoms with van der Waals surface area (Å²) in [7, 11) is 0. The maximum Gasteiger partial charge on any atom is 0.246 e. The van der Waals surface area contributed by atoms with Gasteiger partial charge in [-0.2, -0.15) is 5.10 Å². The first-order valence-corrected chi connectivity index (χ1v) is 7.43. The molecule has 3 rings (SSSR count). The van der Waals surface area contributed by atoms with Crippen LogP contribution in [0.3, 0.4) is 0 Å². The van der Waals surface area contributed by atoms with Crippen LogP contribution in [0.4, 0.5) is 5.82 Å². The molecule has 2 heterocycles. The average molecular weight is 314 g/mol. The van der Waals surface area contributed by atoms with Crippen molar-refractivity contribution in [2.75, 3.05) is 25.1 Å². The first kappa shape index (κ1) is 15.2. The van der Waals surface area contributed by atoms with Gasteiger partial charge in [0, 0.05) is 18.4 Å². The Hall–Kier alpha value is -2.67. The first-order chi connectivity index (χ1) is 11.2. The Kier molecular flexibility index (Phi) is 4.38. The van der Waals surface area contributed by atoms with Crippen LogP contribution in [0.1, 0.15) is 6.42 Å². The van der Waals surface area contributed by atoms with E-state index in [9.17, 15) is 9.59 Å². The molecule has 1 unspecified atom stereocenters. The van der Waals surface area contributed by atoms with E-state index in [4.69, 9.17) is 4.74 Å². The van der Waals surface area contributed by atoms with Crippen LogP contribution >= 0.6 is 0 Å². The van der Waals surface area contributed by atoms with Gasteiger partial charge in [0.1, 0.15) is 0 Å². The van der Waals surface area contributed by atoms with Gasteiger partial charge in [0.2, 0.25) is 11.8 Å². The summed E-state index contributed by atoms with van der Waals surface area (Å²) >= 11 is 0. The van der Waals surface area contributed by atoms with Gasteiger partial charge in [0.15, 0.2) is 5.82 Å². The van der Waals surface area contributed by atoms with Crippen molar-refractivity contribution in [1.82, 2.24) is 15.1 Å². The summed E-state index contributed by atoms with van der Waals surface area (Å²) in [5, 5.41) is 10.6. The number of nitrogens with zero attached hydrogens (tertiary/aromatic N) is 2. The van der Waals surface area contributed by atoms with Crippen LogP contribution in [0.15, 0.2) is 36.9 Å². The smallest absolute Gasteiger partial charge is 0.246 e. The standard InChI is InChI=1S/C16H18N4O3/c1-2-15(22)20-7-8-23-10-11(20)9-14(21)17-16-12-5-3-4-6-13(12)18-19-16/h2-6,11H,1,7-10H2,(H2,17,18,19,21). The number of rotatable bonds is 4. The van der Waals surface area contributed by atoms with Crippen molar-refractivity contribution in [3.63, 3.8) is 0 Å². The predicted octanol–water partition coefficient (Wildman–Crippen LogP) is 1.30. The zero-order valence-electron chi connectivity index (χ0n) is 12.6. The molecule has 0 saturated carbocycles. The Morgan fingerprint density at radius 1 is 1.48 bits per heavy atom. The number of fused-ring (bicyclic) bond motifs is 1. The second-order valence-corrected chi connectivity index (χ2v) is 5.33. The minimum Gasteiger partial charge on any atom is -0.377 e. The second-order valence-electron chi connectivity index (χ2n) is 5.33. The molecule has 0 radical (unpaired) electrons. The monoisotopic (exact) mass is 314 g/mol. The Balaban J connectivity index is 1.68. The number of H-pyrrole nitrogens is 1. The van der Waals surface area contributed by atoms with Gasteiger partial charge in [0.25, 0.3) is 0 Å². The number of morpholine rings is 1. The van der Waals surface area contributed by atoms with Crippen LogP contribution in [0, 0.1) is 0 Å². The summed E-state index contributed by atoms with van der Waals surface area (Å²) in [6.45, 7) is 4.78. The maximum atomic E-state index is 12.3. The van der Waals surface area contributed by atoms with Crippen molar-refractivity contribution in [3.05, 3.63) is 36.9 Å². The first-order valence-electron chi connectivity index (χ1n) is 7.43. The molecular weight excluding hydrogens is 296 g/mol. The highest BCUT2D eigenvalue weighted by molar-refractivity contribution is 6.00. The maximum absolute atomic E-state index is 12.3. The number of hydrogen-bond acceptors (Lipinski definition) is 4. The van der Waals surface area contributed by atoms with Crippen LogP contribution in [-0.4, -0.2) is 52.7 Å². The van der Waals surface area contributed by atoms with Gasteiger partial charge in [-0.15, -0.1) is 0 Å². The van der Waals surface area contributed by atoms with Gasteiger partial charge in [-0.25, -0.2) is 0 Å². The van der Waals surface area contributed by atoms with E-state index in [0.717, 1.165) is 10.9 Å². The van der Waals surface area contributed by atoms with Crippen LogP contribution in [-0.2, 0) is 14.3 Å². The molecule has 1 aliphatic heterocycles. The highest BCUT2D eigenvalue weighted by Crippen LogP contribution is 2.20. The number of aromatic amines is 1. The number of aromatic nitrogens is 2. The number of para-hydroxylation sites is 1. The lowest BCUT2D eigenvalue weighted by atomic mass is 10.1. The normalized spacial score (nSPS) is 17.9. The number of benzene rings is 1. The van der Waals surface area contributed by atoms with Crippen LogP contribution in [0.25, 0.3) is 10.9 Å². The van der Waals surface area contributed by atoms with Crippen molar-refractivity contribution in [2.45, 2.75) is 12.5 Å². The van der Waals surface area contributed by atoms with Gasteiger partial charge in [-0.05, 0) is 18.2 Å². The molecule has 1 atom stereocenters. The zero-order chi connectivity index (χ0) is 16.2. The van der Waals surface area contributed by atoms with Crippen molar-refractivity contribution in [1.29, 1.82) is 0 Å². The molecule has 23 heavy (non-hydrogen) atoms. The molecule has 0 bridgehead atoms. The summed E-state index contributed by atoms with van der Waals surface area (Å²) in [5.41, 5.74) is 0.854. The molecule has 1 aromatic carbocycles. The fraction of sp³-hybridized carbons (Fsp3) is 0.312. The molecule has 2 amide bonds. The lowest BCUT2D eigenvalue weighted by molar-refractivity contribution is -0.136. The van der Waals surface area contributed by atoms with Gasteiger partial charge in [-0.3, -0.25) is 14.7 Å². The molecule has 2 aromatic rings. The van der Waals surface area contributed by atoms with Gasteiger partial charge >= 0.3 is 0 Å². The third kappa shape index (κ3) is 3.24. The molecule has 0 aliphatic carbocycles. The quantitative estimate of drug-likeness (QED) is 0.833. The Bertz CT molecular complexity index is 740. The third-order valence-corrected chi connectivity index (χ3v) is 3.83. The van der Waals surface area contributed by atoms with Crippen molar-refractivity contribution in [3.8, 4) is 0 Å². The molecule has 7 nitrogen and oxygen atoms in total. The van der Waals surface area contributed by atoms with E-state index in [1.807, 2.05) is 24.3 Å². The summed E-state index contributed by atoms with van der Waals surface area (Å²) in [6, 6.07) is 7.25. The molecule has 0 spiro atoms. The number of hydrogen-bond donors (Lipinski definition) is 2. The van der Waals surface area contributed by atoms with Gasteiger partial charge in [-0.1, -0.05) is 18.7 Å². The SMILES string of the molecule is C=CC(=O)N1CCOCC1CC(=O)Nc1n[nH]c2ccccc12. The predicted molar refractivity (Wildman–Crippen MR) is 85.9 cm³/mol. The molecule has 1 saturated heterocycles. The van der Waals surface area contributed by atoms with E-state index < -0.39 is 0 Å². The molecule has 120 valence electrons. The lowest BCUT2D eigenvalue weighted by Gasteiger charge is -2.34. The van der Waals surface area contributed by atoms with Crippen molar-refractivity contribution >= 4 is 28.5 Å². The van der Waals surface area contributed by atoms with Crippen LogP contribution < -0.4 is 5.32 Å². The van der Waals surface area contributed by atoms with E-state index in [0.29, 0.717) is 25.6 Å². The Morgan fingerprint density at radius 3 is 3.13 bits per heavy atom. The van der Waals surface area contributed by atoms with Crippen LogP contribution in [0.5, 0.6) is 0 Å². The highest BCUT2D eigenvalue weighted by atomic mass is 16.5. The minimum atomic E-state index is -0.292. The van der Waals surface area contributed by atoms with Crippen molar-refractivity contribution in [2.24, 2.45) is 0 Å². The number of anilines is 1. The molecule has 1 fully saturated rings. The third-order valence-electron chi connectivity index (χ3n) is 3.83. The zero-order valence-corrected chi connectivity index (χ0v) is 12.6.